The summed E-state index contributed by atoms with van der Waals surface area (Å²) in [5.41, 5.74) is -0.0344. The smallest absolute Gasteiger partial charge is 0.323 e. The van der Waals surface area contributed by atoms with Crippen LogP contribution < -0.4 is 5.32 Å². The second-order valence-electron chi connectivity index (χ2n) is 8.56. The second-order valence-corrected chi connectivity index (χ2v) is 8.97. The maximum absolute atomic E-state index is 14.7. The molecule has 3 atom stereocenters. The third kappa shape index (κ3) is 3.31. The van der Waals surface area contributed by atoms with Crippen LogP contribution in [0.3, 0.4) is 0 Å². The van der Waals surface area contributed by atoms with Gasteiger partial charge in [0.25, 0.3) is 0 Å². The molecule has 3 heterocycles. The van der Waals surface area contributed by atoms with Gasteiger partial charge in [0.2, 0.25) is 11.8 Å². The van der Waals surface area contributed by atoms with Crippen LogP contribution in [0.2, 0.25) is 5.02 Å². The fraction of sp³-hybridized carbons (Fsp3) is 0.364. The molecular formula is C22H20ClF2N5O2. The molecule has 1 aliphatic heterocycles. The highest BCUT2D eigenvalue weighted by Crippen LogP contribution is 2.55. The Morgan fingerprint density at radius 3 is 2.78 bits per heavy atom. The summed E-state index contributed by atoms with van der Waals surface area (Å²) in [5, 5.41) is 10.8. The zero-order valence-electron chi connectivity index (χ0n) is 17.4. The molecule has 2 aromatic heterocycles. The molecule has 1 aliphatic carbocycles. The van der Waals surface area contributed by atoms with Crippen LogP contribution in [0.4, 0.5) is 19.3 Å². The van der Waals surface area contributed by atoms with Crippen molar-refractivity contribution in [3.63, 3.8) is 0 Å². The molecule has 7 nitrogen and oxygen atoms in total. The summed E-state index contributed by atoms with van der Waals surface area (Å²) in [4.78, 5) is 18.8. The molecule has 1 aromatic carbocycles. The quantitative estimate of drug-likeness (QED) is 0.574. The molecule has 32 heavy (non-hydrogen) atoms. The summed E-state index contributed by atoms with van der Waals surface area (Å²) in [6.45, 7) is 3.82. The second kappa shape index (κ2) is 7.51. The van der Waals surface area contributed by atoms with Crippen LogP contribution in [0.25, 0.3) is 11.1 Å². The van der Waals surface area contributed by atoms with Crippen molar-refractivity contribution >= 4 is 23.3 Å². The number of carbonyl (C=O) groups excluding carboxylic acids is 1. The Balaban J connectivity index is 1.47. The van der Waals surface area contributed by atoms with E-state index in [1.54, 1.807) is 11.8 Å². The van der Waals surface area contributed by atoms with Gasteiger partial charge in [-0.25, -0.2) is 13.6 Å². The third-order valence-electron chi connectivity index (χ3n) is 6.22. The molecule has 2 aliphatic rings. The minimum atomic E-state index is -0.702. The number of fused-ring (bicyclic) bond motifs is 2. The van der Waals surface area contributed by atoms with Gasteiger partial charge in [0, 0.05) is 36.7 Å². The highest BCUT2D eigenvalue weighted by Gasteiger charge is 2.62. The molecular weight excluding hydrogens is 440 g/mol. The number of aromatic nitrogens is 3. The molecule has 2 bridgehead atoms. The predicted octanol–water partition coefficient (Wildman–Crippen LogP) is 5.30. The number of halogens is 3. The van der Waals surface area contributed by atoms with E-state index in [2.05, 4.69) is 27.4 Å². The van der Waals surface area contributed by atoms with Gasteiger partial charge in [0.05, 0.1) is 16.9 Å². The van der Waals surface area contributed by atoms with E-state index in [1.807, 2.05) is 0 Å². The summed E-state index contributed by atoms with van der Waals surface area (Å²) in [6, 6.07) is 3.24. The molecule has 1 unspecified atom stereocenters. The van der Waals surface area contributed by atoms with Crippen LogP contribution >= 0.6 is 11.6 Å². The Morgan fingerprint density at radius 1 is 1.25 bits per heavy atom. The number of rotatable bonds is 3. The van der Waals surface area contributed by atoms with Crippen LogP contribution in [0.15, 0.2) is 35.0 Å². The van der Waals surface area contributed by atoms with Gasteiger partial charge >= 0.3 is 6.03 Å². The first-order chi connectivity index (χ1) is 15.3. The van der Waals surface area contributed by atoms with E-state index in [0.717, 1.165) is 25.1 Å². The summed E-state index contributed by atoms with van der Waals surface area (Å²) in [7, 11) is 0. The molecule has 0 spiro atoms. The Labute approximate surface area is 187 Å². The van der Waals surface area contributed by atoms with Crippen molar-refractivity contribution in [1.29, 1.82) is 0 Å². The van der Waals surface area contributed by atoms with Gasteiger partial charge in [-0.2, -0.15) is 0 Å². The van der Waals surface area contributed by atoms with E-state index < -0.39 is 23.2 Å². The standard InChI is InChI=1S/C22H20ClF2N5O2/c1-11-3-15-8-22(7-11,20-29-28-12(2)32-20)30(15)21(31)27-19-5-16(17(23)6-18(19)25)13-4-14(24)10-26-9-13/h4-6,9-11,15H,3,7-8H2,1-2H3,(H,27,31)/t11-,15-,22?/m1/s1. The number of nitrogens with one attached hydrogen (secondary N) is 1. The molecule has 0 radical (unpaired) electrons. The van der Waals surface area contributed by atoms with E-state index in [4.69, 9.17) is 16.0 Å². The lowest BCUT2D eigenvalue weighted by Crippen LogP contribution is -2.70. The highest BCUT2D eigenvalue weighted by molar-refractivity contribution is 6.33. The van der Waals surface area contributed by atoms with E-state index in [9.17, 15) is 13.6 Å². The van der Waals surface area contributed by atoms with E-state index >= 15 is 0 Å². The average molecular weight is 460 g/mol. The van der Waals surface area contributed by atoms with Gasteiger partial charge in [0.1, 0.15) is 17.2 Å². The van der Waals surface area contributed by atoms with Gasteiger partial charge in [0.15, 0.2) is 0 Å². The number of aryl methyl sites for hydroxylation is 1. The molecule has 1 saturated carbocycles. The van der Waals surface area contributed by atoms with Crippen molar-refractivity contribution in [3.05, 3.63) is 59.0 Å². The zero-order valence-corrected chi connectivity index (χ0v) is 18.2. The molecule has 166 valence electrons. The number of carbonyl (C=O) groups is 1. The number of likely N-dealkylation sites (tertiary alicyclic amines) is 1. The number of nitrogens with zero attached hydrogens (tertiary/aromatic N) is 4. The van der Waals surface area contributed by atoms with Gasteiger partial charge in [-0.3, -0.25) is 4.98 Å². The van der Waals surface area contributed by atoms with Gasteiger partial charge in [-0.15, -0.1) is 10.2 Å². The molecule has 3 aromatic rings. The maximum Gasteiger partial charge on any atom is 0.323 e. The van der Waals surface area contributed by atoms with Crippen LogP contribution in [0, 0.1) is 24.5 Å². The molecule has 5 rings (SSSR count). The summed E-state index contributed by atoms with van der Waals surface area (Å²) in [5.74, 6) is -0.0418. The number of hydrogen-bond donors (Lipinski definition) is 1. The van der Waals surface area contributed by atoms with E-state index in [0.29, 0.717) is 35.2 Å². The van der Waals surface area contributed by atoms with Gasteiger partial charge < -0.3 is 14.6 Å². The number of piperidine rings is 1. The average Bonchev–Trinajstić information content (AvgIpc) is 3.16. The minimum absolute atomic E-state index is 0.00629. The van der Waals surface area contributed by atoms with Gasteiger partial charge in [-0.05, 0) is 37.0 Å². The topological polar surface area (TPSA) is 84.2 Å². The van der Waals surface area contributed by atoms with Crippen molar-refractivity contribution in [2.75, 3.05) is 5.32 Å². The first kappa shape index (κ1) is 20.8. The monoisotopic (exact) mass is 459 g/mol. The van der Waals surface area contributed by atoms with Crippen molar-refractivity contribution < 1.29 is 18.0 Å². The van der Waals surface area contributed by atoms with Gasteiger partial charge in [-0.1, -0.05) is 18.5 Å². The normalized spacial score (nSPS) is 24.2. The Bertz CT molecular complexity index is 1220. The predicted molar refractivity (Wildman–Crippen MR) is 113 cm³/mol. The number of benzene rings is 1. The summed E-state index contributed by atoms with van der Waals surface area (Å²) >= 11 is 6.18. The number of pyridine rings is 1. The van der Waals surface area contributed by atoms with Crippen LogP contribution in [-0.2, 0) is 5.54 Å². The fourth-order valence-corrected chi connectivity index (χ4v) is 5.29. The van der Waals surface area contributed by atoms with E-state index in [1.165, 1.54) is 18.3 Å². The molecule has 1 saturated heterocycles. The fourth-order valence-electron chi connectivity index (χ4n) is 5.03. The third-order valence-corrected chi connectivity index (χ3v) is 6.53. The SMILES string of the molecule is Cc1nnc(C23C[C@H](C)C[C@H](C2)N3C(=O)Nc2cc(-c3cncc(F)c3)c(Cl)cc2F)o1. The number of amides is 2. The van der Waals surface area contributed by atoms with Crippen LogP contribution in [0.5, 0.6) is 0 Å². The number of anilines is 1. The molecule has 10 heteroatoms. The Hall–Kier alpha value is -3.07. The summed E-state index contributed by atoms with van der Waals surface area (Å²) in [6.07, 6.45) is 4.72. The highest BCUT2D eigenvalue weighted by atomic mass is 35.5. The van der Waals surface area contributed by atoms with Crippen molar-refractivity contribution in [2.24, 2.45) is 5.92 Å². The van der Waals surface area contributed by atoms with Crippen molar-refractivity contribution in [2.45, 2.75) is 44.7 Å². The minimum Gasteiger partial charge on any atom is -0.423 e. The van der Waals surface area contributed by atoms with Crippen molar-refractivity contribution in [3.8, 4) is 11.1 Å². The van der Waals surface area contributed by atoms with E-state index in [-0.39, 0.29) is 16.8 Å². The largest absolute Gasteiger partial charge is 0.423 e. The first-order valence-corrected chi connectivity index (χ1v) is 10.7. The lowest BCUT2D eigenvalue weighted by Gasteiger charge is -2.61. The molecule has 2 amide bonds. The number of hydrogen-bond acceptors (Lipinski definition) is 5. The molecule has 1 N–H and O–H groups in total. The zero-order chi connectivity index (χ0) is 22.6. The number of urea groups is 1. The maximum atomic E-state index is 14.7. The lowest BCUT2D eigenvalue weighted by atomic mass is 9.64. The Morgan fingerprint density at radius 2 is 2.06 bits per heavy atom. The summed E-state index contributed by atoms with van der Waals surface area (Å²) < 4.78 is 34.0. The van der Waals surface area contributed by atoms with Crippen molar-refractivity contribution in [1.82, 2.24) is 20.1 Å². The Kier molecular flexibility index (Phi) is 4.88. The first-order valence-electron chi connectivity index (χ1n) is 10.3. The van der Waals surface area contributed by atoms with Crippen LogP contribution in [-0.4, -0.2) is 32.2 Å². The molecule has 2 fully saturated rings. The lowest BCUT2D eigenvalue weighted by molar-refractivity contribution is -0.110. The van der Waals surface area contributed by atoms with Crippen LogP contribution in [0.1, 0.15) is 38.0 Å².